The fourth-order valence-electron chi connectivity index (χ4n) is 2.59. The second-order valence-electron chi connectivity index (χ2n) is 6.17. The molecular weight excluding hydrogens is 338 g/mol. The fraction of sp³-hybridized carbons (Fsp3) is 0.263. The molecular formula is C19H20ClN3O2. The normalized spacial score (nSPS) is 12.3. The number of hydrogen-bond donors (Lipinski definition) is 2. The number of imidazole rings is 1. The molecule has 0 spiro atoms. The van der Waals surface area contributed by atoms with Crippen LogP contribution in [0.4, 0.5) is 0 Å². The number of para-hydroxylation sites is 2. The molecule has 2 aromatic carbocycles. The number of halogens is 1. The topological polar surface area (TPSA) is 67.0 Å². The van der Waals surface area contributed by atoms with Gasteiger partial charge in [-0.3, -0.25) is 4.79 Å². The third-order valence-electron chi connectivity index (χ3n) is 3.85. The lowest BCUT2D eigenvalue weighted by molar-refractivity contribution is -0.124. The number of hydrogen-bond acceptors (Lipinski definition) is 3. The molecule has 0 aliphatic rings. The fourth-order valence-corrected chi connectivity index (χ4v) is 2.77. The van der Waals surface area contributed by atoms with Crippen molar-refractivity contribution in [2.24, 2.45) is 5.92 Å². The van der Waals surface area contributed by atoms with Gasteiger partial charge in [-0.15, -0.1) is 0 Å². The van der Waals surface area contributed by atoms with Gasteiger partial charge in [0.05, 0.1) is 17.1 Å². The van der Waals surface area contributed by atoms with Gasteiger partial charge >= 0.3 is 0 Å². The third kappa shape index (κ3) is 4.31. The Labute approximate surface area is 151 Å². The zero-order chi connectivity index (χ0) is 17.8. The third-order valence-corrected chi connectivity index (χ3v) is 4.09. The number of ether oxygens (including phenoxy) is 1. The van der Waals surface area contributed by atoms with E-state index in [2.05, 4.69) is 15.3 Å². The molecule has 3 rings (SSSR count). The Hall–Kier alpha value is -2.53. The molecule has 0 saturated heterocycles. The molecule has 0 aliphatic carbocycles. The Bertz CT molecular complexity index is 843. The summed E-state index contributed by atoms with van der Waals surface area (Å²) in [5.74, 6) is 1.27. The number of benzene rings is 2. The number of nitrogens with zero attached hydrogens (tertiary/aromatic N) is 1. The maximum Gasteiger partial charge on any atom is 0.258 e. The highest BCUT2D eigenvalue weighted by molar-refractivity contribution is 6.30. The summed E-state index contributed by atoms with van der Waals surface area (Å²) in [6.07, 6.45) is 0. The lowest BCUT2D eigenvalue weighted by Gasteiger charge is -2.20. The first-order valence-electron chi connectivity index (χ1n) is 8.15. The largest absolute Gasteiger partial charge is 0.484 e. The van der Waals surface area contributed by atoms with Crippen LogP contribution in [0.25, 0.3) is 11.0 Å². The van der Waals surface area contributed by atoms with E-state index in [4.69, 9.17) is 16.3 Å². The van der Waals surface area contributed by atoms with Gasteiger partial charge in [-0.1, -0.05) is 43.6 Å². The molecule has 1 unspecified atom stereocenters. The average molecular weight is 358 g/mol. The van der Waals surface area contributed by atoms with Crippen LogP contribution in [-0.2, 0) is 4.79 Å². The Morgan fingerprint density at radius 2 is 2.04 bits per heavy atom. The van der Waals surface area contributed by atoms with Crippen LogP contribution in [0.15, 0.2) is 48.5 Å². The van der Waals surface area contributed by atoms with Gasteiger partial charge in [0, 0.05) is 5.02 Å². The van der Waals surface area contributed by atoms with Crippen molar-refractivity contribution in [1.29, 1.82) is 0 Å². The molecule has 0 aliphatic heterocycles. The zero-order valence-corrected chi connectivity index (χ0v) is 14.9. The quantitative estimate of drug-likeness (QED) is 0.697. The summed E-state index contributed by atoms with van der Waals surface area (Å²) in [6, 6.07) is 14.5. The highest BCUT2D eigenvalue weighted by atomic mass is 35.5. The van der Waals surface area contributed by atoms with E-state index in [0.29, 0.717) is 10.8 Å². The van der Waals surface area contributed by atoms with Gasteiger partial charge in [0.15, 0.2) is 6.61 Å². The van der Waals surface area contributed by atoms with Crippen LogP contribution in [0.5, 0.6) is 5.75 Å². The van der Waals surface area contributed by atoms with Crippen molar-refractivity contribution in [3.05, 3.63) is 59.4 Å². The average Bonchev–Trinajstić information content (AvgIpc) is 3.01. The number of H-pyrrole nitrogens is 1. The Morgan fingerprint density at radius 1 is 1.24 bits per heavy atom. The van der Waals surface area contributed by atoms with E-state index in [9.17, 15) is 4.79 Å². The minimum Gasteiger partial charge on any atom is -0.484 e. The smallest absolute Gasteiger partial charge is 0.258 e. The van der Waals surface area contributed by atoms with Gasteiger partial charge in [-0.25, -0.2) is 4.98 Å². The Morgan fingerprint density at radius 3 is 2.76 bits per heavy atom. The summed E-state index contributed by atoms with van der Waals surface area (Å²) in [7, 11) is 0. The molecule has 1 aromatic heterocycles. The number of rotatable bonds is 6. The van der Waals surface area contributed by atoms with Gasteiger partial charge in [0.1, 0.15) is 11.6 Å². The number of aromatic amines is 1. The van der Waals surface area contributed by atoms with Crippen molar-refractivity contribution in [2.45, 2.75) is 19.9 Å². The van der Waals surface area contributed by atoms with Gasteiger partial charge in [0.2, 0.25) is 0 Å². The van der Waals surface area contributed by atoms with Crippen molar-refractivity contribution < 1.29 is 9.53 Å². The standard InChI is InChI=1S/C19H20ClN3O2/c1-12(2)18(19-21-15-8-3-4-9-16(15)22-19)23-17(24)11-25-14-7-5-6-13(20)10-14/h3-10,12,18H,11H2,1-2H3,(H,21,22)(H,23,24). The zero-order valence-electron chi connectivity index (χ0n) is 14.1. The maximum absolute atomic E-state index is 12.3. The number of amides is 1. The summed E-state index contributed by atoms with van der Waals surface area (Å²) >= 11 is 5.91. The van der Waals surface area contributed by atoms with Crippen molar-refractivity contribution in [3.8, 4) is 5.75 Å². The molecule has 3 aromatic rings. The molecule has 6 heteroatoms. The van der Waals surface area contributed by atoms with E-state index in [1.54, 1.807) is 24.3 Å². The van der Waals surface area contributed by atoms with Crippen LogP contribution in [0, 0.1) is 5.92 Å². The molecule has 0 bridgehead atoms. The van der Waals surface area contributed by atoms with Crippen LogP contribution < -0.4 is 10.1 Å². The van der Waals surface area contributed by atoms with E-state index in [1.807, 2.05) is 38.1 Å². The number of fused-ring (bicyclic) bond motifs is 1. The molecule has 5 nitrogen and oxygen atoms in total. The van der Waals surface area contributed by atoms with E-state index in [-0.39, 0.29) is 24.5 Å². The molecule has 0 fully saturated rings. The molecule has 1 atom stereocenters. The minimum absolute atomic E-state index is 0.0796. The monoisotopic (exact) mass is 357 g/mol. The van der Waals surface area contributed by atoms with E-state index < -0.39 is 0 Å². The maximum atomic E-state index is 12.3. The van der Waals surface area contributed by atoms with Gasteiger partial charge < -0.3 is 15.0 Å². The number of carbonyl (C=O) groups is 1. The first-order valence-corrected chi connectivity index (χ1v) is 8.53. The molecule has 1 heterocycles. The van der Waals surface area contributed by atoms with Crippen LogP contribution in [0.2, 0.25) is 5.02 Å². The van der Waals surface area contributed by atoms with Crippen molar-refractivity contribution in [3.63, 3.8) is 0 Å². The number of nitrogens with one attached hydrogen (secondary N) is 2. The lowest BCUT2D eigenvalue weighted by Crippen LogP contribution is -2.35. The van der Waals surface area contributed by atoms with Gasteiger partial charge in [-0.05, 0) is 36.2 Å². The Balaban J connectivity index is 1.68. The summed E-state index contributed by atoms with van der Waals surface area (Å²) < 4.78 is 5.50. The summed E-state index contributed by atoms with van der Waals surface area (Å²) in [6.45, 7) is 4.00. The van der Waals surface area contributed by atoms with Gasteiger partial charge in [0.25, 0.3) is 5.91 Å². The van der Waals surface area contributed by atoms with Crippen LogP contribution in [0.3, 0.4) is 0 Å². The molecule has 2 N–H and O–H groups in total. The summed E-state index contributed by atoms with van der Waals surface area (Å²) in [4.78, 5) is 20.2. The van der Waals surface area contributed by atoms with Crippen LogP contribution >= 0.6 is 11.6 Å². The second-order valence-corrected chi connectivity index (χ2v) is 6.61. The Kier molecular flexibility index (Phi) is 5.24. The van der Waals surface area contributed by atoms with Crippen molar-refractivity contribution in [2.75, 3.05) is 6.61 Å². The predicted molar refractivity (Wildman–Crippen MR) is 98.8 cm³/mol. The minimum atomic E-state index is -0.220. The predicted octanol–water partition coefficient (Wildman–Crippen LogP) is 4.11. The molecule has 0 saturated carbocycles. The molecule has 130 valence electrons. The summed E-state index contributed by atoms with van der Waals surface area (Å²) in [5.41, 5.74) is 1.83. The van der Waals surface area contributed by atoms with E-state index in [1.165, 1.54) is 0 Å². The molecule has 25 heavy (non-hydrogen) atoms. The highest BCUT2D eigenvalue weighted by Crippen LogP contribution is 2.22. The van der Waals surface area contributed by atoms with Crippen molar-refractivity contribution >= 4 is 28.5 Å². The first-order chi connectivity index (χ1) is 12.0. The SMILES string of the molecule is CC(C)C(NC(=O)COc1cccc(Cl)c1)c1nc2ccccc2[nH]1. The van der Waals surface area contributed by atoms with Gasteiger partial charge in [-0.2, -0.15) is 0 Å². The van der Waals surface area contributed by atoms with Crippen LogP contribution in [-0.4, -0.2) is 22.5 Å². The molecule has 0 radical (unpaired) electrons. The highest BCUT2D eigenvalue weighted by Gasteiger charge is 2.22. The lowest BCUT2D eigenvalue weighted by atomic mass is 10.0. The van der Waals surface area contributed by atoms with Crippen molar-refractivity contribution in [1.82, 2.24) is 15.3 Å². The van der Waals surface area contributed by atoms with E-state index in [0.717, 1.165) is 16.9 Å². The first kappa shape index (κ1) is 17.3. The number of carbonyl (C=O) groups excluding carboxylic acids is 1. The second kappa shape index (κ2) is 7.57. The number of aromatic nitrogens is 2. The van der Waals surface area contributed by atoms with Crippen LogP contribution in [0.1, 0.15) is 25.7 Å². The van der Waals surface area contributed by atoms with E-state index >= 15 is 0 Å². The molecule has 1 amide bonds. The summed E-state index contributed by atoms with van der Waals surface area (Å²) in [5, 5.41) is 3.56.